The summed E-state index contributed by atoms with van der Waals surface area (Å²) in [6.07, 6.45) is 0. The molecular formula is C32H26N8Tl2. The van der Waals surface area contributed by atoms with Crippen molar-refractivity contribution in [3.8, 4) is 22.8 Å². The van der Waals surface area contributed by atoms with Gasteiger partial charge in [0.05, 0.1) is 0 Å². The predicted molar refractivity (Wildman–Crippen MR) is 169 cm³/mol. The van der Waals surface area contributed by atoms with Gasteiger partial charge in [-0.05, 0) is 26.9 Å². The van der Waals surface area contributed by atoms with Gasteiger partial charge in [0.15, 0.2) is 11.6 Å². The zero-order valence-corrected chi connectivity index (χ0v) is 31.7. The van der Waals surface area contributed by atoms with E-state index in [-0.39, 0.29) is 0 Å². The van der Waals surface area contributed by atoms with Crippen LogP contribution in [0.25, 0.3) is 22.8 Å². The van der Waals surface area contributed by atoms with Crippen molar-refractivity contribution in [2.75, 3.05) is 0 Å². The summed E-state index contributed by atoms with van der Waals surface area (Å²) >= 11 is -1.73. The molecule has 7 rings (SSSR count). The molecule has 0 fully saturated rings. The SMILES string of the molecule is c1cc(-c2nnn[nH]2)cc(-c2nnn[nH]2)c1.c1cc[c]([Tl][c]2ccccc2)cc1.c1cc[c]([Tl][c]2ccccc2)cc1. The van der Waals surface area contributed by atoms with Crippen molar-refractivity contribution in [3.63, 3.8) is 0 Å². The van der Waals surface area contributed by atoms with Crippen LogP contribution in [-0.4, -0.2) is 89.7 Å². The van der Waals surface area contributed by atoms with Crippen molar-refractivity contribution in [1.82, 2.24) is 41.2 Å². The summed E-state index contributed by atoms with van der Waals surface area (Å²) in [6.45, 7) is 0. The van der Waals surface area contributed by atoms with Crippen molar-refractivity contribution >= 4 is 61.0 Å². The van der Waals surface area contributed by atoms with E-state index in [2.05, 4.69) is 163 Å². The first-order valence-electron chi connectivity index (χ1n) is 13.3. The van der Waals surface area contributed by atoms with Crippen LogP contribution in [0.2, 0.25) is 0 Å². The number of nitrogens with zero attached hydrogens (tertiary/aromatic N) is 6. The Morgan fingerprint density at radius 3 is 1.00 bits per heavy atom. The van der Waals surface area contributed by atoms with E-state index < -0.39 is 48.5 Å². The summed E-state index contributed by atoms with van der Waals surface area (Å²) in [4.78, 5) is 0. The summed E-state index contributed by atoms with van der Waals surface area (Å²) in [5.41, 5.74) is 1.75. The van der Waals surface area contributed by atoms with Crippen LogP contribution in [-0.2, 0) is 0 Å². The molecule has 5 aromatic carbocycles. The molecule has 8 nitrogen and oxygen atoms in total. The molecule has 0 radical (unpaired) electrons. The fraction of sp³-hybridized carbons (Fsp3) is 0. The Morgan fingerprint density at radius 1 is 0.381 bits per heavy atom. The summed E-state index contributed by atoms with van der Waals surface area (Å²) in [5.74, 6) is 1.21. The van der Waals surface area contributed by atoms with Crippen LogP contribution in [0.1, 0.15) is 0 Å². The fourth-order valence-corrected chi connectivity index (χ4v) is 13.4. The van der Waals surface area contributed by atoms with E-state index in [4.69, 9.17) is 0 Å². The topological polar surface area (TPSA) is 109 Å². The zero-order chi connectivity index (χ0) is 28.7. The monoisotopic (exact) mass is 932 g/mol. The van der Waals surface area contributed by atoms with Crippen molar-refractivity contribution in [3.05, 3.63) is 146 Å². The van der Waals surface area contributed by atoms with Crippen molar-refractivity contribution in [1.29, 1.82) is 0 Å². The van der Waals surface area contributed by atoms with Crippen LogP contribution in [0.5, 0.6) is 0 Å². The molecule has 0 saturated carbocycles. The maximum absolute atomic E-state index is 3.83. The van der Waals surface area contributed by atoms with E-state index in [0.717, 1.165) is 11.1 Å². The Labute approximate surface area is 268 Å². The van der Waals surface area contributed by atoms with E-state index in [1.807, 2.05) is 24.3 Å². The second-order valence-corrected chi connectivity index (χ2v) is 21.6. The quantitative estimate of drug-likeness (QED) is 0.249. The van der Waals surface area contributed by atoms with Crippen molar-refractivity contribution in [2.45, 2.75) is 0 Å². The zero-order valence-electron chi connectivity index (χ0n) is 22.7. The Balaban J connectivity index is 0.000000127. The van der Waals surface area contributed by atoms with E-state index in [1.165, 1.54) is 0 Å². The number of aromatic amines is 2. The van der Waals surface area contributed by atoms with E-state index in [1.54, 1.807) is 12.5 Å². The standard InChI is InChI=1S/C8H6N8.4C6H5.2Tl/c1-2-5(7-9-13-14-10-7)4-6(3-1)8-11-15-16-12-8;4*1-2-4-6-5-3-1;;/h1-4H,(H,9,10,13,14)(H,11,12,15,16);4*1-5H;;. The third kappa shape index (κ3) is 9.58. The predicted octanol–water partition coefficient (Wildman–Crippen LogP) is 2.73. The average molecular weight is 931 g/mol. The number of nitrogens with one attached hydrogen (secondary N) is 2. The molecule has 10 heteroatoms. The third-order valence-electron chi connectivity index (χ3n) is 5.97. The molecule has 0 aliphatic carbocycles. The first kappa shape index (κ1) is 29.6. The minimum absolute atomic E-state index is 0.606. The molecule has 0 spiro atoms. The van der Waals surface area contributed by atoms with E-state index in [9.17, 15) is 0 Å². The van der Waals surface area contributed by atoms with Crippen LogP contribution in [0.3, 0.4) is 0 Å². The minimum atomic E-state index is -0.866. The second kappa shape index (κ2) is 16.5. The molecule has 2 heterocycles. The molecule has 0 unspecified atom stereocenters. The average Bonchev–Trinajstić information content (AvgIpc) is 3.80. The molecule has 7 aromatic rings. The van der Waals surface area contributed by atoms with Crippen LogP contribution >= 0.6 is 0 Å². The number of rotatable bonds is 6. The molecule has 0 atom stereocenters. The van der Waals surface area contributed by atoms with Crippen LogP contribution in [0.15, 0.2) is 146 Å². The molecule has 0 saturated heterocycles. The van der Waals surface area contributed by atoms with Gasteiger partial charge in [-0.2, -0.15) is 0 Å². The number of aromatic nitrogens is 8. The third-order valence-corrected chi connectivity index (χ3v) is 17.1. The Kier molecular flexibility index (Phi) is 11.6. The summed E-state index contributed by atoms with van der Waals surface area (Å²) in [5, 5.41) is 27.1. The van der Waals surface area contributed by atoms with Gasteiger partial charge in [0.25, 0.3) is 0 Å². The molecule has 0 bridgehead atoms. The molecule has 42 heavy (non-hydrogen) atoms. The number of hydrogen-bond acceptors (Lipinski definition) is 6. The summed E-state index contributed by atoms with van der Waals surface area (Å²) in [7, 11) is 0. The molecular weight excluding hydrogens is 905 g/mol. The maximum atomic E-state index is 3.83. The number of benzene rings is 5. The number of H-pyrrole nitrogens is 2. The van der Waals surface area contributed by atoms with Gasteiger partial charge >= 0.3 is 182 Å². The number of hydrogen-bond donors (Lipinski definition) is 2. The Morgan fingerprint density at radius 2 is 0.714 bits per heavy atom. The number of tetrazole rings is 2. The first-order valence-corrected chi connectivity index (χ1v) is 22.3. The molecule has 0 aliphatic heterocycles. The summed E-state index contributed by atoms with van der Waals surface area (Å²) < 4.78 is 6.31. The van der Waals surface area contributed by atoms with Gasteiger partial charge in [0.2, 0.25) is 0 Å². The second-order valence-electron chi connectivity index (χ2n) is 9.01. The van der Waals surface area contributed by atoms with Gasteiger partial charge < -0.3 is 0 Å². The molecule has 2 N–H and O–H groups in total. The Hall–Kier alpha value is -3.92. The molecule has 200 valence electrons. The molecule has 0 aliphatic rings. The van der Waals surface area contributed by atoms with Gasteiger partial charge in [0.1, 0.15) is 0 Å². The van der Waals surface area contributed by atoms with Crippen molar-refractivity contribution in [2.24, 2.45) is 0 Å². The van der Waals surface area contributed by atoms with Crippen LogP contribution < -0.4 is 12.5 Å². The van der Waals surface area contributed by atoms with E-state index >= 15 is 0 Å². The van der Waals surface area contributed by atoms with Gasteiger partial charge in [0, 0.05) is 11.1 Å². The molecule has 0 amide bonds. The normalized spacial score (nSPS) is 9.71. The summed E-state index contributed by atoms with van der Waals surface area (Å²) in [6, 6.07) is 51.0. The first-order chi connectivity index (χ1) is 20.8. The van der Waals surface area contributed by atoms with Crippen LogP contribution in [0.4, 0.5) is 0 Å². The van der Waals surface area contributed by atoms with E-state index in [0.29, 0.717) is 11.6 Å². The van der Waals surface area contributed by atoms with Gasteiger partial charge in [-0.15, -0.1) is 10.2 Å². The van der Waals surface area contributed by atoms with Crippen molar-refractivity contribution < 1.29 is 0 Å². The van der Waals surface area contributed by atoms with Gasteiger partial charge in [-0.1, -0.05) is 18.2 Å². The fourth-order valence-electron chi connectivity index (χ4n) is 3.96. The Bertz CT molecular complexity index is 1500. The van der Waals surface area contributed by atoms with Gasteiger partial charge in [-0.3, -0.25) is 0 Å². The van der Waals surface area contributed by atoms with Crippen LogP contribution in [0, 0.1) is 0 Å². The van der Waals surface area contributed by atoms with Gasteiger partial charge in [-0.25, -0.2) is 10.2 Å². The molecule has 2 aromatic heterocycles.